The first kappa shape index (κ1) is 17.1. The van der Waals surface area contributed by atoms with Crippen LogP contribution in [0.25, 0.3) is 10.9 Å². The summed E-state index contributed by atoms with van der Waals surface area (Å²) in [6, 6.07) is 13.9. The summed E-state index contributed by atoms with van der Waals surface area (Å²) in [7, 11) is 0. The molecule has 26 heavy (non-hydrogen) atoms. The van der Waals surface area contributed by atoms with Gasteiger partial charge in [-0.3, -0.25) is 14.8 Å². The van der Waals surface area contributed by atoms with Crippen LogP contribution in [0.1, 0.15) is 11.1 Å². The number of halogens is 1. The van der Waals surface area contributed by atoms with Gasteiger partial charge in [-0.25, -0.2) is 0 Å². The predicted molar refractivity (Wildman–Crippen MR) is 103 cm³/mol. The van der Waals surface area contributed by atoms with Gasteiger partial charge in [-0.05, 0) is 29.3 Å². The van der Waals surface area contributed by atoms with Gasteiger partial charge in [-0.1, -0.05) is 35.9 Å². The molecule has 0 unspecified atom stereocenters. The molecule has 1 N–H and O–H groups in total. The Kier molecular flexibility index (Phi) is 4.91. The molecule has 1 saturated heterocycles. The average molecular weight is 369 g/mol. The van der Waals surface area contributed by atoms with Gasteiger partial charge in [0.2, 0.25) is 5.91 Å². The van der Waals surface area contributed by atoms with Gasteiger partial charge in [0.05, 0.1) is 18.1 Å². The molecule has 0 spiro atoms. The molecule has 1 aromatic heterocycles. The first-order valence-corrected chi connectivity index (χ1v) is 9.22. The van der Waals surface area contributed by atoms with Crippen LogP contribution in [-0.4, -0.2) is 52.1 Å². The molecule has 0 radical (unpaired) electrons. The van der Waals surface area contributed by atoms with Crippen molar-refractivity contribution < 1.29 is 4.79 Å². The summed E-state index contributed by atoms with van der Waals surface area (Å²) in [5, 5.41) is 8.89. The molecule has 1 amide bonds. The highest BCUT2D eigenvalue weighted by molar-refractivity contribution is 6.30. The van der Waals surface area contributed by atoms with Crippen molar-refractivity contribution in [2.45, 2.75) is 13.0 Å². The first-order chi connectivity index (χ1) is 12.7. The van der Waals surface area contributed by atoms with Crippen LogP contribution in [0.3, 0.4) is 0 Å². The fourth-order valence-electron chi connectivity index (χ4n) is 3.43. The lowest BCUT2D eigenvalue weighted by atomic mass is 10.1. The minimum absolute atomic E-state index is 0.172. The van der Waals surface area contributed by atoms with Crippen molar-refractivity contribution in [1.29, 1.82) is 0 Å². The highest BCUT2D eigenvalue weighted by Crippen LogP contribution is 2.16. The number of hydrogen-bond acceptors (Lipinski definition) is 3. The molecule has 4 rings (SSSR count). The Morgan fingerprint density at radius 3 is 2.73 bits per heavy atom. The maximum absolute atomic E-state index is 12.5. The van der Waals surface area contributed by atoms with Gasteiger partial charge in [-0.15, -0.1) is 0 Å². The second-order valence-electron chi connectivity index (χ2n) is 6.76. The summed E-state index contributed by atoms with van der Waals surface area (Å²) in [5.74, 6) is 0.172. The third kappa shape index (κ3) is 3.89. The summed E-state index contributed by atoms with van der Waals surface area (Å²) in [5.41, 5.74) is 3.30. The van der Waals surface area contributed by atoms with Crippen molar-refractivity contribution >= 4 is 28.4 Å². The van der Waals surface area contributed by atoms with E-state index < -0.39 is 0 Å². The fraction of sp³-hybridized carbons (Fsp3) is 0.300. The molecule has 3 aromatic rings. The maximum Gasteiger partial charge on any atom is 0.227 e. The number of aromatic amines is 1. The molecular formula is C20H21ClN4O. The Morgan fingerprint density at radius 1 is 1.08 bits per heavy atom. The maximum atomic E-state index is 12.5. The number of hydrogen-bond donors (Lipinski definition) is 1. The van der Waals surface area contributed by atoms with E-state index >= 15 is 0 Å². The van der Waals surface area contributed by atoms with E-state index in [1.54, 1.807) is 0 Å². The highest BCUT2D eigenvalue weighted by atomic mass is 35.5. The van der Waals surface area contributed by atoms with E-state index in [0.717, 1.165) is 49.2 Å². The van der Waals surface area contributed by atoms with E-state index in [-0.39, 0.29) is 5.91 Å². The Balaban J connectivity index is 1.31. The van der Waals surface area contributed by atoms with Gasteiger partial charge < -0.3 is 4.90 Å². The minimum atomic E-state index is 0.172. The van der Waals surface area contributed by atoms with E-state index in [2.05, 4.69) is 33.3 Å². The highest BCUT2D eigenvalue weighted by Gasteiger charge is 2.21. The molecule has 0 atom stereocenters. The fourth-order valence-corrected chi connectivity index (χ4v) is 3.64. The van der Waals surface area contributed by atoms with Gasteiger partial charge in [0.1, 0.15) is 0 Å². The normalized spacial score (nSPS) is 15.5. The van der Waals surface area contributed by atoms with Gasteiger partial charge in [0.15, 0.2) is 0 Å². The van der Waals surface area contributed by atoms with Crippen LogP contribution < -0.4 is 0 Å². The molecule has 0 bridgehead atoms. The van der Waals surface area contributed by atoms with Crippen LogP contribution in [0.15, 0.2) is 48.7 Å². The number of nitrogens with one attached hydrogen (secondary N) is 1. The third-order valence-electron chi connectivity index (χ3n) is 4.88. The first-order valence-electron chi connectivity index (χ1n) is 8.84. The number of nitrogens with zero attached hydrogens (tertiary/aromatic N) is 3. The molecular weight excluding hydrogens is 348 g/mol. The molecule has 0 saturated carbocycles. The van der Waals surface area contributed by atoms with Crippen LogP contribution in [0.2, 0.25) is 5.02 Å². The molecule has 134 valence electrons. The molecule has 6 heteroatoms. The van der Waals surface area contributed by atoms with Crippen LogP contribution in [0.5, 0.6) is 0 Å². The molecule has 1 aliphatic heterocycles. The van der Waals surface area contributed by atoms with Crippen LogP contribution in [-0.2, 0) is 17.8 Å². The van der Waals surface area contributed by atoms with Crippen molar-refractivity contribution in [3.05, 3.63) is 64.8 Å². The number of piperazine rings is 1. The van der Waals surface area contributed by atoms with E-state index in [1.807, 2.05) is 35.4 Å². The van der Waals surface area contributed by atoms with Gasteiger partial charge in [0, 0.05) is 43.1 Å². The lowest BCUT2D eigenvalue weighted by Gasteiger charge is -2.34. The smallest absolute Gasteiger partial charge is 0.227 e. The topological polar surface area (TPSA) is 52.2 Å². The number of aromatic nitrogens is 2. The lowest BCUT2D eigenvalue weighted by molar-refractivity contribution is -0.132. The number of carbonyl (C=O) groups is 1. The van der Waals surface area contributed by atoms with Gasteiger partial charge in [0.25, 0.3) is 0 Å². The number of benzene rings is 2. The summed E-state index contributed by atoms with van der Waals surface area (Å²) in [6.07, 6.45) is 2.25. The quantitative estimate of drug-likeness (QED) is 0.769. The average Bonchev–Trinajstić information content (AvgIpc) is 3.10. The minimum Gasteiger partial charge on any atom is -0.340 e. The summed E-state index contributed by atoms with van der Waals surface area (Å²) >= 11 is 6.00. The van der Waals surface area contributed by atoms with E-state index in [1.165, 1.54) is 5.56 Å². The Morgan fingerprint density at radius 2 is 1.92 bits per heavy atom. The van der Waals surface area contributed by atoms with Gasteiger partial charge in [-0.2, -0.15) is 5.10 Å². The van der Waals surface area contributed by atoms with Crippen molar-refractivity contribution in [1.82, 2.24) is 20.0 Å². The summed E-state index contributed by atoms with van der Waals surface area (Å²) in [4.78, 5) is 16.9. The number of carbonyl (C=O) groups excluding carboxylic acids is 1. The zero-order valence-electron chi connectivity index (χ0n) is 14.5. The Labute approximate surface area is 157 Å². The second-order valence-corrected chi connectivity index (χ2v) is 7.19. The molecule has 0 aliphatic carbocycles. The van der Waals surface area contributed by atoms with Crippen molar-refractivity contribution in [2.75, 3.05) is 26.2 Å². The zero-order valence-corrected chi connectivity index (χ0v) is 15.2. The molecule has 1 fully saturated rings. The van der Waals surface area contributed by atoms with E-state index in [9.17, 15) is 4.79 Å². The SMILES string of the molecule is O=C(Cc1cccc(Cl)c1)N1CCN(Cc2ccc3cn[nH]c3c2)CC1. The Hall–Kier alpha value is -2.37. The number of amides is 1. The summed E-state index contributed by atoms with van der Waals surface area (Å²) < 4.78 is 0. The third-order valence-corrected chi connectivity index (χ3v) is 5.12. The van der Waals surface area contributed by atoms with Crippen molar-refractivity contribution in [3.63, 3.8) is 0 Å². The summed E-state index contributed by atoms with van der Waals surface area (Å²) in [6.45, 7) is 4.22. The monoisotopic (exact) mass is 368 g/mol. The number of rotatable bonds is 4. The standard InChI is InChI=1S/C20H21ClN4O/c21-18-3-1-2-15(10-18)12-20(26)25-8-6-24(7-9-25)14-16-4-5-17-13-22-23-19(17)11-16/h1-5,10-11,13H,6-9,12,14H2,(H,22,23). The molecule has 2 heterocycles. The lowest BCUT2D eigenvalue weighted by Crippen LogP contribution is -2.48. The van der Waals surface area contributed by atoms with Crippen LogP contribution in [0, 0.1) is 0 Å². The van der Waals surface area contributed by atoms with E-state index in [0.29, 0.717) is 11.4 Å². The van der Waals surface area contributed by atoms with Gasteiger partial charge >= 0.3 is 0 Å². The second kappa shape index (κ2) is 7.48. The van der Waals surface area contributed by atoms with Crippen molar-refractivity contribution in [2.24, 2.45) is 0 Å². The van der Waals surface area contributed by atoms with Crippen LogP contribution >= 0.6 is 11.6 Å². The predicted octanol–water partition coefficient (Wildman–Crippen LogP) is 3.10. The van der Waals surface area contributed by atoms with E-state index in [4.69, 9.17) is 11.6 Å². The van der Waals surface area contributed by atoms with Crippen molar-refractivity contribution in [3.8, 4) is 0 Å². The molecule has 1 aliphatic rings. The molecule has 2 aromatic carbocycles. The number of fused-ring (bicyclic) bond motifs is 1. The largest absolute Gasteiger partial charge is 0.340 e. The zero-order chi connectivity index (χ0) is 17.9. The number of H-pyrrole nitrogens is 1. The molecule has 5 nitrogen and oxygen atoms in total. The van der Waals surface area contributed by atoms with Crippen LogP contribution in [0.4, 0.5) is 0 Å². The Bertz CT molecular complexity index is 915.